The normalized spacial score (nSPS) is 44.2. The van der Waals surface area contributed by atoms with E-state index in [2.05, 4.69) is 31.2 Å². The number of rotatable bonds is 0. The highest BCUT2D eigenvalue weighted by atomic mass is 14.5. The lowest BCUT2D eigenvalue weighted by Crippen LogP contribution is -2.34. The molecule has 4 aliphatic rings. The van der Waals surface area contributed by atoms with Gasteiger partial charge in [0.1, 0.15) is 0 Å². The van der Waals surface area contributed by atoms with Gasteiger partial charge in [-0.05, 0) is 66.4 Å². The Morgan fingerprint density at radius 2 is 1.50 bits per heavy atom. The van der Waals surface area contributed by atoms with Crippen molar-refractivity contribution < 1.29 is 0 Å². The average Bonchev–Trinajstić information content (AvgIpc) is 2.40. The van der Waals surface area contributed by atoms with Crippen LogP contribution in [0.25, 0.3) is 0 Å². The maximum absolute atomic E-state index is 2.55. The highest BCUT2D eigenvalue weighted by Crippen LogP contribution is 2.61. The highest BCUT2D eigenvalue weighted by molar-refractivity contribution is 5.37. The van der Waals surface area contributed by atoms with Gasteiger partial charge in [0.05, 0.1) is 0 Å². The Bertz CT molecular complexity index is 396. The van der Waals surface area contributed by atoms with Crippen LogP contribution in [0.2, 0.25) is 0 Å². The van der Waals surface area contributed by atoms with Crippen LogP contribution in [0, 0.1) is 11.3 Å². The lowest BCUT2D eigenvalue weighted by Gasteiger charge is -2.46. The summed E-state index contributed by atoms with van der Waals surface area (Å²) in [4.78, 5) is 0. The molecule has 4 aliphatic carbocycles. The second-order valence-electron chi connectivity index (χ2n) is 6.78. The molecular weight excluding hydrogens is 192 g/mol. The maximum Gasteiger partial charge on any atom is -0.0151 e. The molecule has 2 unspecified atom stereocenters. The summed E-state index contributed by atoms with van der Waals surface area (Å²) in [7, 11) is 0. The van der Waals surface area contributed by atoms with Crippen LogP contribution >= 0.6 is 0 Å². The largest absolute Gasteiger partial charge is 0.0620 e. The zero-order valence-electron chi connectivity index (χ0n) is 10.1. The predicted molar refractivity (Wildman–Crippen MR) is 66.6 cm³/mol. The number of hydrogen-bond acceptors (Lipinski definition) is 0. The third kappa shape index (κ3) is 1.16. The van der Waals surface area contributed by atoms with Crippen LogP contribution in [0.1, 0.15) is 62.0 Å². The third-order valence-corrected chi connectivity index (χ3v) is 5.37. The summed E-state index contributed by atoms with van der Waals surface area (Å²) in [5.74, 6) is 2.79. The van der Waals surface area contributed by atoms with E-state index in [9.17, 15) is 0 Å². The van der Waals surface area contributed by atoms with E-state index in [0.29, 0.717) is 5.41 Å². The molecule has 2 saturated carbocycles. The molecular formula is C16H20. The molecule has 2 fully saturated rings. The predicted octanol–water partition coefficient (Wildman–Crippen LogP) is 4.47. The fraction of sp³-hybridized carbons (Fsp3) is 0.625. The summed E-state index contributed by atoms with van der Waals surface area (Å²) in [6.45, 7) is 2.55. The van der Waals surface area contributed by atoms with E-state index in [0.717, 1.165) is 17.8 Å². The zero-order valence-corrected chi connectivity index (χ0v) is 10.1. The van der Waals surface area contributed by atoms with Gasteiger partial charge in [0.15, 0.2) is 0 Å². The Morgan fingerprint density at radius 3 is 2.00 bits per heavy atom. The first kappa shape index (κ1) is 9.27. The first-order chi connectivity index (χ1) is 7.73. The molecule has 5 rings (SSSR count). The van der Waals surface area contributed by atoms with Crippen molar-refractivity contribution in [2.75, 3.05) is 0 Å². The summed E-state index contributed by atoms with van der Waals surface area (Å²) in [5.41, 5.74) is 4.08. The van der Waals surface area contributed by atoms with Crippen LogP contribution in [-0.2, 0) is 0 Å². The van der Waals surface area contributed by atoms with E-state index in [1.54, 1.807) is 11.1 Å². The highest BCUT2D eigenvalue weighted by Gasteiger charge is 2.47. The van der Waals surface area contributed by atoms with Gasteiger partial charge in [-0.15, -0.1) is 0 Å². The Morgan fingerprint density at radius 1 is 0.938 bits per heavy atom. The van der Waals surface area contributed by atoms with Crippen molar-refractivity contribution in [2.24, 2.45) is 11.3 Å². The van der Waals surface area contributed by atoms with Gasteiger partial charge < -0.3 is 0 Å². The first-order valence-electron chi connectivity index (χ1n) is 6.82. The maximum atomic E-state index is 2.55. The summed E-state index contributed by atoms with van der Waals surface area (Å²) in [6, 6.07) is 9.31. The van der Waals surface area contributed by atoms with Crippen molar-refractivity contribution in [2.45, 2.75) is 50.9 Å². The van der Waals surface area contributed by atoms with Crippen LogP contribution in [-0.4, -0.2) is 0 Å². The van der Waals surface area contributed by atoms with Crippen molar-refractivity contribution in [3.8, 4) is 0 Å². The van der Waals surface area contributed by atoms with Crippen LogP contribution in [0.4, 0.5) is 0 Å². The van der Waals surface area contributed by atoms with Gasteiger partial charge in [0, 0.05) is 0 Å². The quantitative estimate of drug-likeness (QED) is 0.595. The van der Waals surface area contributed by atoms with Gasteiger partial charge in [-0.3, -0.25) is 0 Å². The minimum Gasteiger partial charge on any atom is -0.0620 e. The monoisotopic (exact) mass is 212 g/mol. The molecule has 84 valence electrons. The fourth-order valence-electron chi connectivity index (χ4n) is 5.10. The van der Waals surface area contributed by atoms with E-state index >= 15 is 0 Å². The van der Waals surface area contributed by atoms with Crippen LogP contribution in [0.3, 0.4) is 0 Å². The molecule has 0 spiro atoms. The Balaban J connectivity index is 1.92. The summed E-state index contributed by atoms with van der Waals surface area (Å²) < 4.78 is 0. The molecule has 16 heavy (non-hydrogen) atoms. The fourth-order valence-corrected chi connectivity index (χ4v) is 5.10. The van der Waals surface area contributed by atoms with Gasteiger partial charge in [0.25, 0.3) is 0 Å². The SMILES string of the molecule is CC12CC3CC(C1)c1ccccc1C(C3)C2. The van der Waals surface area contributed by atoms with E-state index in [-0.39, 0.29) is 0 Å². The standard InChI is InChI=1S/C16H20/c1-16-8-11-6-12(9-16)14-4-2-3-5-15(14)13(7-11)10-16/h2-5,11-13H,6-10H2,1H3. The Labute approximate surface area is 98.1 Å². The molecule has 0 aliphatic heterocycles. The Kier molecular flexibility index (Phi) is 1.69. The van der Waals surface area contributed by atoms with Gasteiger partial charge in [-0.2, -0.15) is 0 Å². The number of hydrogen-bond donors (Lipinski definition) is 0. The van der Waals surface area contributed by atoms with Crippen LogP contribution < -0.4 is 0 Å². The molecule has 0 N–H and O–H groups in total. The van der Waals surface area contributed by atoms with Crippen molar-refractivity contribution in [1.29, 1.82) is 0 Å². The summed E-state index contributed by atoms with van der Waals surface area (Å²) in [6.07, 6.45) is 7.37. The molecule has 0 heteroatoms. The van der Waals surface area contributed by atoms with Crippen LogP contribution in [0.15, 0.2) is 24.3 Å². The Hall–Kier alpha value is -0.780. The van der Waals surface area contributed by atoms with E-state index in [4.69, 9.17) is 0 Å². The molecule has 0 saturated heterocycles. The molecule has 1 aromatic carbocycles. The smallest absolute Gasteiger partial charge is 0.0151 e. The van der Waals surface area contributed by atoms with Crippen molar-refractivity contribution in [3.05, 3.63) is 35.4 Å². The van der Waals surface area contributed by atoms with Crippen molar-refractivity contribution in [3.63, 3.8) is 0 Å². The van der Waals surface area contributed by atoms with Gasteiger partial charge in [-0.1, -0.05) is 31.2 Å². The molecule has 0 aromatic heterocycles. The topological polar surface area (TPSA) is 0 Å². The van der Waals surface area contributed by atoms with E-state index in [1.165, 1.54) is 32.1 Å². The lowest BCUT2D eigenvalue weighted by molar-refractivity contribution is 0.0766. The van der Waals surface area contributed by atoms with Crippen molar-refractivity contribution in [1.82, 2.24) is 0 Å². The molecule has 2 atom stereocenters. The molecule has 1 aromatic rings. The molecule has 0 radical (unpaired) electrons. The van der Waals surface area contributed by atoms with Gasteiger partial charge >= 0.3 is 0 Å². The summed E-state index contributed by atoms with van der Waals surface area (Å²) >= 11 is 0. The molecule has 0 heterocycles. The molecule has 0 amide bonds. The van der Waals surface area contributed by atoms with Crippen molar-refractivity contribution >= 4 is 0 Å². The number of benzene rings is 1. The second kappa shape index (κ2) is 2.91. The lowest BCUT2D eigenvalue weighted by atomic mass is 9.59. The average molecular weight is 212 g/mol. The third-order valence-electron chi connectivity index (χ3n) is 5.37. The van der Waals surface area contributed by atoms with Gasteiger partial charge in [-0.25, -0.2) is 0 Å². The summed E-state index contributed by atoms with van der Waals surface area (Å²) in [5, 5.41) is 0. The second-order valence-corrected chi connectivity index (χ2v) is 6.78. The minimum absolute atomic E-state index is 0.662. The van der Waals surface area contributed by atoms with Gasteiger partial charge in [0.2, 0.25) is 0 Å². The minimum atomic E-state index is 0.662. The molecule has 0 nitrogen and oxygen atoms in total. The first-order valence-corrected chi connectivity index (χ1v) is 6.82. The zero-order chi connectivity index (χ0) is 10.8. The molecule has 4 bridgehead atoms. The van der Waals surface area contributed by atoms with E-state index in [1.807, 2.05) is 0 Å². The van der Waals surface area contributed by atoms with Crippen LogP contribution in [0.5, 0.6) is 0 Å². The van der Waals surface area contributed by atoms with E-state index < -0.39 is 0 Å².